The molecule has 4 rings (SSSR count). The summed E-state index contributed by atoms with van der Waals surface area (Å²) >= 11 is 0. The molecule has 23 heavy (non-hydrogen) atoms. The van der Waals surface area contributed by atoms with Crippen LogP contribution in [0.15, 0.2) is 28.7 Å². The van der Waals surface area contributed by atoms with E-state index >= 15 is 0 Å². The lowest BCUT2D eigenvalue weighted by molar-refractivity contribution is -0.123. The molecule has 1 aromatic carbocycles. The zero-order valence-corrected chi connectivity index (χ0v) is 13.3. The summed E-state index contributed by atoms with van der Waals surface area (Å²) in [7, 11) is 0. The third kappa shape index (κ3) is 3.19. The summed E-state index contributed by atoms with van der Waals surface area (Å²) in [4.78, 5) is 18.8. The van der Waals surface area contributed by atoms with E-state index < -0.39 is 0 Å². The quantitative estimate of drug-likeness (QED) is 0.942. The third-order valence-electron chi connectivity index (χ3n) is 5.11. The predicted molar refractivity (Wildman–Crippen MR) is 89.3 cm³/mol. The highest BCUT2D eigenvalue weighted by Gasteiger charge is 2.26. The maximum Gasteiger partial charge on any atom is 0.298 e. The van der Waals surface area contributed by atoms with Gasteiger partial charge in [-0.25, -0.2) is 0 Å². The van der Waals surface area contributed by atoms with Crippen LogP contribution in [-0.2, 0) is 4.79 Å². The summed E-state index contributed by atoms with van der Waals surface area (Å²) < 4.78 is 5.83. The lowest BCUT2D eigenvalue weighted by Gasteiger charge is -2.31. The summed E-state index contributed by atoms with van der Waals surface area (Å²) in [6, 6.07) is 9.01. The average Bonchev–Trinajstić information content (AvgIpc) is 2.96. The molecule has 0 atom stereocenters. The first-order chi connectivity index (χ1) is 11.3. The Morgan fingerprint density at radius 1 is 1.22 bits per heavy atom. The van der Waals surface area contributed by atoms with E-state index in [0.717, 1.165) is 49.9 Å². The van der Waals surface area contributed by atoms with Gasteiger partial charge >= 0.3 is 0 Å². The van der Waals surface area contributed by atoms with Gasteiger partial charge in [-0.05, 0) is 50.2 Å². The van der Waals surface area contributed by atoms with Crippen molar-refractivity contribution >= 4 is 23.0 Å². The number of benzene rings is 1. The minimum atomic E-state index is 0.231. The predicted octanol–water partition coefficient (Wildman–Crippen LogP) is 3.10. The summed E-state index contributed by atoms with van der Waals surface area (Å²) in [5, 5.41) is 3.14. The molecule has 0 spiro atoms. The normalized spacial score (nSPS) is 19.7. The second-order valence-corrected chi connectivity index (χ2v) is 6.79. The molecule has 5 heteroatoms. The van der Waals surface area contributed by atoms with Crippen molar-refractivity contribution < 1.29 is 9.21 Å². The van der Waals surface area contributed by atoms with Crippen LogP contribution in [0.1, 0.15) is 38.5 Å². The van der Waals surface area contributed by atoms with Crippen LogP contribution >= 0.6 is 0 Å². The lowest BCUT2D eigenvalue weighted by atomic mass is 9.91. The highest BCUT2D eigenvalue weighted by Crippen LogP contribution is 2.27. The van der Waals surface area contributed by atoms with Crippen molar-refractivity contribution in [1.29, 1.82) is 0 Å². The number of carbonyl (C=O) groups excluding carboxylic acids is 1. The van der Waals surface area contributed by atoms with E-state index in [0.29, 0.717) is 24.4 Å². The molecule has 1 aliphatic carbocycles. The molecule has 5 nitrogen and oxygen atoms in total. The minimum Gasteiger partial charge on any atom is -0.423 e. The molecule has 2 fully saturated rings. The van der Waals surface area contributed by atoms with Gasteiger partial charge in [-0.2, -0.15) is 4.98 Å². The highest BCUT2D eigenvalue weighted by molar-refractivity contribution is 5.76. The summed E-state index contributed by atoms with van der Waals surface area (Å²) in [5.41, 5.74) is 1.74. The van der Waals surface area contributed by atoms with Crippen molar-refractivity contribution in [2.45, 2.75) is 44.6 Å². The molecule has 1 amide bonds. The molecule has 0 unspecified atom stereocenters. The molecule has 1 N–H and O–H groups in total. The van der Waals surface area contributed by atoms with Crippen LogP contribution in [0.2, 0.25) is 0 Å². The molecule has 2 aromatic rings. The highest BCUT2D eigenvalue weighted by atomic mass is 16.4. The number of hydrogen-bond acceptors (Lipinski definition) is 4. The van der Waals surface area contributed by atoms with Crippen LogP contribution in [-0.4, -0.2) is 30.0 Å². The Bertz CT molecular complexity index is 651. The van der Waals surface area contributed by atoms with E-state index in [4.69, 9.17) is 4.42 Å². The van der Waals surface area contributed by atoms with E-state index in [1.165, 1.54) is 6.42 Å². The minimum absolute atomic E-state index is 0.231. The van der Waals surface area contributed by atoms with Crippen LogP contribution in [0.5, 0.6) is 0 Å². The molecule has 0 radical (unpaired) electrons. The first-order valence-electron chi connectivity index (χ1n) is 8.68. The first kappa shape index (κ1) is 14.5. The molecule has 1 aromatic heterocycles. The summed E-state index contributed by atoms with van der Waals surface area (Å²) in [6.07, 6.45) is 6.28. The number of nitrogens with zero attached hydrogens (tertiary/aromatic N) is 2. The maximum absolute atomic E-state index is 12.0. The average molecular weight is 313 g/mol. The Kier molecular flexibility index (Phi) is 3.93. The second kappa shape index (κ2) is 6.22. The molecule has 2 aliphatic rings. The van der Waals surface area contributed by atoms with Gasteiger partial charge in [0.05, 0.1) is 0 Å². The van der Waals surface area contributed by atoms with E-state index in [-0.39, 0.29) is 5.91 Å². The number of para-hydroxylation sites is 2. The molecule has 122 valence electrons. The van der Waals surface area contributed by atoms with Gasteiger partial charge in [0.2, 0.25) is 5.91 Å². The van der Waals surface area contributed by atoms with Crippen molar-refractivity contribution in [3.63, 3.8) is 0 Å². The van der Waals surface area contributed by atoms with Crippen molar-refractivity contribution in [2.75, 3.05) is 18.0 Å². The number of rotatable bonds is 4. The van der Waals surface area contributed by atoms with Crippen molar-refractivity contribution in [3.8, 4) is 0 Å². The Morgan fingerprint density at radius 2 is 2.00 bits per heavy atom. The van der Waals surface area contributed by atoms with Crippen LogP contribution in [0, 0.1) is 5.92 Å². The fraction of sp³-hybridized carbons (Fsp3) is 0.556. The first-order valence-corrected chi connectivity index (χ1v) is 8.68. The number of carbonyl (C=O) groups is 1. The summed E-state index contributed by atoms with van der Waals surface area (Å²) in [5.74, 6) is 0.714. The number of anilines is 1. The monoisotopic (exact) mass is 313 g/mol. The van der Waals surface area contributed by atoms with E-state index in [9.17, 15) is 4.79 Å². The maximum atomic E-state index is 12.0. The SMILES string of the molecule is O=C(CC1CCN(c2nc3ccccc3o2)CC1)NC1CCC1. The topological polar surface area (TPSA) is 58.4 Å². The van der Waals surface area contributed by atoms with Gasteiger partial charge in [-0.15, -0.1) is 0 Å². The van der Waals surface area contributed by atoms with Crippen LogP contribution in [0.3, 0.4) is 0 Å². The molecular weight excluding hydrogens is 290 g/mol. The van der Waals surface area contributed by atoms with E-state index in [1.807, 2.05) is 24.3 Å². The molecular formula is C18H23N3O2. The van der Waals surface area contributed by atoms with Crippen molar-refractivity contribution in [3.05, 3.63) is 24.3 Å². The molecule has 1 saturated heterocycles. The lowest BCUT2D eigenvalue weighted by Crippen LogP contribution is -2.41. The van der Waals surface area contributed by atoms with Gasteiger partial charge in [0.25, 0.3) is 6.01 Å². The van der Waals surface area contributed by atoms with Gasteiger partial charge in [-0.3, -0.25) is 4.79 Å². The standard InChI is InChI=1S/C18H23N3O2/c22-17(19-14-4-3-5-14)12-13-8-10-21(11-9-13)18-20-15-6-1-2-7-16(15)23-18/h1-2,6-7,13-14H,3-5,8-12H2,(H,19,22). The number of fused-ring (bicyclic) bond motifs is 1. The van der Waals surface area contributed by atoms with Gasteiger partial charge in [0.15, 0.2) is 5.58 Å². The van der Waals surface area contributed by atoms with Crippen molar-refractivity contribution in [1.82, 2.24) is 10.3 Å². The van der Waals surface area contributed by atoms with Gasteiger partial charge < -0.3 is 14.6 Å². The fourth-order valence-corrected chi connectivity index (χ4v) is 3.43. The van der Waals surface area contributed by atoms with Crippen molar-refractivity contribution in [2.24, 2.45) is 5.92 Å². The number of oxazole rings is 1. The van der Waals surface area contributed by atoms with E-state index in [2.05, 4.69) is 15.2 Å². The van der Waals surface area contributed by atoms with Crippen LogP contribution in [0.25, 0.3) is 11.1 Å². The molecule has 0 bridgehead atoms. The number of aromatic nitrogens is 1. The third-order valence-corrected chi connectivity index (χ3v) is 5.11. The zero-order chi connectivity index (χ0) is 15.6. The molecule has 2 heterocycles. The number of piperidine rings is 1. The number of hydrogen-bond donors (Lipinski definition) is 1. The Labute approximate surface area is 136 Å². The van der Waals surface area contributed by atoms with Gasteiger partial charge in [0.1, 0.15) is 5.52 Å². The zero-order valence-electron chi connectivity index (χ0n) is 13.3. The molecule has 1 saturated carbocycles. The van der Waals surface area contributed by atoms with E-state index in [1.54, 1.807) is 0 Å². The Morgan fingerprint density at radius 3 is 2.70 bits per heavy atom. The van der Waals surface area contributed by atoms with Gasteiger partial charge in [-0.1, -0.05) is 12.1 Å². The Balaban J connectivity index is 1.30. The largest absolute Gasteiger partial charge is 0.423 e. The smallest absolute Gasteiger partial charge is 0.298 e. The number of nitrogens with one attached hydrogen (secondary N) is 1. The molecule has 1 aliphatic heterocycles. The van der Waals surface area contributed by atoms with Gasteiger partial charge in [0, 0.05) is 25.6 Å². The summed E-state index contributed by atoms with van der Waals surface area (Å²) in [6.45, 7) is 1.82. The van der Waals surface area contributed by atoms with Crippen LogP contribution < -0.4 is 10.2 Å². The second-order valence-electron chi connectivity index (χ2n) is 6.79. The number of amides is 1. The fourth-order valence-electron chi connectivity index (χ4n) is 3.43. The van der Waals surface area contributed by atoms with Crippen LogP contribution in [0.4, 0.5) is 6.01 Å². The Hall–Kier alpha value is -2.04.